The van der Waals surface area contributed by atoms with Crippen LogP contribution in [0.15, 0.2) is 24.3 Å². The lowest BCUT2D eigenvalue weighted by Gasteiger charge is -2.58. The van der Waals surface area contributed by atoms with Crippen LogP contribution < -0.4 is 0 Å². The van der Waals surface area contributed by atoms with E-state index in [1.54, 1.807) is 6.92 Å². The largest absolute Gasteiger partial charge is 0.481 e. The third-order valence-corrected chi connectivity index (χ3v) is 7.07. The molecular weight excluding hydrogens is 320 g/mol. The molecule has 0 aliphatic heterocycles. The zero-order chi connectivity index (χ0) is 19.0. The molecule has 25 heavy (non-hydrogen) atoms. The van der Waals surface area contributed by atoms with Crippen LogP contribution in [0.5, 0.6) is 0 Å². The molecular formula is C20H32O5. The summed E-state index contributed by atoms with van der Waals surface area (Å²) >= 11 is 0. The van der Waals surface area contributed by atoms with Gasteiger partial charge in [-0.2, -0.15) is 0 Å². The smallest absolute Gasteiger partial charge is 0.312 e. The number of aliphatic carboxylic acids is 1. The van der Waals surface area contributed by atoms with E-state index in [-0.39, 0.29) is 23.9 Å². The van der Waals surface area contributed by atoms with Gasteiger partial charge in [0, 0.05) is 0 Å². The minimum Gasteiger partial charge on any atom is -0.481 e. The molecule has 2 aliphatic rings. The third kappa shape index (κ3) is 3.29. The quantitative estimate of drug-likeness (QED) is 0.551. The number of carboxylic acid groups (broad SMARTS) is 1. The van der Waals surface area contributed by atoms with Crippen LogP contribution in [0.4, 0.5) is 0 Å². The average molecular weight is 352 g/mol. The summed E-state index contributed by atoms with van der Waals surface area (Å²) < 4.78 is 0. The van der Waals surface area contributed by atoms with E-state index in [2.05, 4.69) is 20.1 Å². The van der Waals surface area contributed by atoms with Gasteiger partial charge in [0.25, 0.3) is 0 Å². The van der Waals surface area contributed by atoms with Gasteiger partial charge in [-0.25, -0.2) is 0 Å². The molecule has 6 atom stereocenters. The summed E-state index contributed by atoms with van der Waals surface area (Å²) in [5.41, 5.74) is 0.326. The van der Waals surface area contributed by atoms with Gasteiger partial charge in [-0.05, 0) is 68.3 Å². The third-order valence-electron chi connectivity index (χ3n) is 7.07. The van der Waals surface area contributed by atoms with E-state index in [0.29, 0.717) is 18.4 Å². The molecule has 0 bridgehead atoms. The molecule has 2 aliphatic carbocycles. The number of fused-ring (bicyclic) bond motifs is 1. The number of rotatable bonds is 6. The number of carbonyl (C=O) groups is 1. The lowest BCUT2D eigenvalue weighted by Crippen LogP contribution is -2.59. The Balaban J connectivity index is 2.27. The van der Waals surface area contributed by atoms with E-state index < -0.39 is 23.6 Å². The van der Waals surface area contributed by atoms with E-state index in [4.69, 9.17) is 5.11 Å². The normalized spacial score (nSPS) is 39.6. The summed E-state index contributed by atoms with van der Waals surface area (Å²) in [6, 6.07) is 0. The molecule has 4 N–H and O–H groups in total. The minimum atomic E-state index is -1.15. The maximum absolute atomic E-state index is 12.0. The van der Waals surface area contributed by atoms with Crippen LogP contribution in [0.25, 0.3) is 0 Å². The highest BCUT2D eigenvalue weighted by atomic mass is 16.4. The number of carboxylic acids is 1. The molecule has 2 fully saturated rings. The van der Waals surface area contributed by atoms with Crippen molar-refractivity contribution in [1.29, 1.82) is 0 Å². The van der Waals surface area contributed by atoms with Crippen molar-refractivity contribution in [1.82, 2.24) is 0 Å². The van der Waals surface area contributed by atoms with Crippen molar-refractivity contribution in [3.05, 3.63) is 24.3 Å². The van der Waals surface area contributed by atoms with Crippen LogP contribution in [0.3, 0.4) is 0 Å². The maximum Gasteiger partial charge on any atom is 0.312 e. The lowest BCUT2D eigenvalue weighted by atomic mass is 9.46. The molecule has 0 aromatic heterocycles. The predicted molar refractivity (Wildman–Crippen MR) is 95.9 cm³/mol. The van der Waals surface area contributed by atoms with Crippen LogP contribution in [-0.4, -0.2) is 45.2 Å². The van der Waals surface area contributed by atoms with Crippen molar-refractivity contribution in [2.45, 2.75) is 64.6 Å². The van der Waals surface area contributed by atoms with Gasteiger partial charge < -0.3 is 20.4 Å². The van der Waals surface area contributed by atoms with Crippen molar-refractivity contribution in [2.75, 3.05) is 6.61 Å². The van der Waals surface area contributed by atoms with Crippen LogP contribution in [0.2, 0.25) is 0 Å². The van der Waals surface area contributed by atoms with E-state index in [1.807, 2.05) is 0 Å². The minimum absolute atomic E-state index is 0.118. The molecule has 0 unspecified atom stereocenters. The van der Waals surface area contributed by atoms with Gasteiger partial charge >= 0.3 is 5.97 Å². The SMILES string of the molecule is C=C(CC[C@H]1C(=C)CC[C@@H]2[C@]1(C)CC[C@@H](O)[C@]2(C)C(=O)O)[C@H](O)CO. The Morgan fingerprint density at radius 2 is 2.00 bits per heavy atom. The topological polar surface area (TPSA) is 98.0 Å². The highest BCUT2D eigenvalue weighted by Gasteiger charge is 2.60. The summed E-state index contributed by atoms with van der Waals surface area (Å²) in [6.07, 6.45) is 2.27. The Morgan fingerprint density at radius 3 is 2.56 bits per heavy atom. The molecule has 2 rings (SSSR count). The first-order valence-corrected chi connectivity index (χ1v) is 9.14. The zero-order valence-electron chi connectivity index (χ0n) is 15.4. The van der Waals surface area contributed by atoms with Gasteiger partial charge in [0.1, 0.15) is 0 Å². The van der Waals surface area contributed by atoms with E-state index in [1.165, 1.54) is 0 Å². The Hall–Kier alpha value is -1.17. The average Bonchev–Trinajstić information content (AvgIpc) is 2.56. The highest BCUT2D eigenvalue weighted by molar-refractivity contribution is 5.76. The summed E-state index contributed by atoms with van der Waals surface area (Å²) in [4.78, 5) is 12.0. The fraction of sp³-hybridized carbons (Fsp3) is 0.750. The summed E-state index contributed by atoms with van der Waals surface area (Å²) in [6.45, 7) is 11.6. The van der Waals surface area contributed by atoms with E-state index in [0.717, 1.165) is 31.3 Å². The van der Waals surface area contributed by atoms with Gasteiger partial charge in [0.05, 0.1) is 24.2 Å². The molecule has 142 valence electrons. The molecule has 0 aromatic rings. The lowest BCUT2D eigenvalue weighted by molar-refractivity contribution is -0.183. The standard InChI is InChI=1S/C20H32O5/c1-12-6-8-16-19(3,10-9-17(23)20(16,4)18(24)25)14(12)7-5-13(2)15(22)11-21/h14-17,21-23H,1-2,5-11H2,3-4H3,(H,24,25)/t14-,15+,16+,17+,19+,20+/m0/s1. The van der Waals surface area contributed by atoms with E-state index >= 15 is 0 Å². The van der Waals surface area contributed by atoms with Crippen LogP contribution >= 0.6 is 0 Å². The molecule has 0 saturated heterocycles. The molecule has 5 nitrogen and oxygen atoms in total. The molecule has 0 spiro atoms. The van der Waals surface area contributed by atoms with Crippen molar-refractivity contribution in [3.63, 3.8) is 0 Å². The fourth-order valence-corrected chi connectivity index (χ4v) is 5.31. The second kappa shape index (κ2) is 7.22. The monoisotopic (exact) mass is 352 g/mol. The predicted octanol–water partition coefficient (Wildman–Crippen LogP) is 2.51. The van der Waals surface area contributed by atoms with Crippen molar-refractivity contribution < 1.29 is 25.2 Å². The first-order valence-electron chi connectivity index (χ1n) is 9.14. The second-order valence-corrected chi connectivity index (χ2v) is 8.35. The van der Waals surface area contributed by atoms with E-state index in [9.17, 15) is 20.1 Å². The summed E-state index contributed by atoms with van der Waals surface area (Å²) in [5.74, 6) is -0.921. The highest BCUT2D eigenvalue weighted by Crippen LogP contribution is 2.62. The number of hydrogen-bond acceptors (Lipinski definition) is 4. The second-order valence-electron chi connectivity index (χ2n) is 8.35. The summed E-state index contributed by atoms with van der Waals surface area (Å²) in [7, 11) is 0. The Bertz CT molecular complexity index is 556. The van der Waals surface area contributed by atoms with Crippen LogP contribution in [-0.2, 0) is 4.79 Å². The van der Waals surface area contributed by atoms with Crippen molar-refractivity contribution in [2.24, 2.45) is 22.7 Å². The van der Waals surface area contributed by atoms with Crippen LogP contribution in [0, 0.1) is 22.7 Å². The number of hydrogen-bond donors (Lipinski definition) is 4. The zero-order valence-corrected chi connectivity index (χ0v) is 15.4. The maximum atomic E-state index is 12.0. The Kier molecular flexibility index (Phi) is 5.81. The molecule has 2 saturated carbocycles. The Morgan fingerprint density at radius 1 is 1.36 bits per heavy atom. The van der Waals surface area contributed by atoms with Gasteiger partial charge in [0.2, 0.25) is 0 Å². The van der Waals surface area contributed by atoms with Gasteiger partial charge in [-0.15, -0.1) is 0 Å². The number of aliphatic hydroxyl groups is 3. The van der Waals surface area contributed by atoms with Crippen LogP contribution in [0.1, 0.15) is 52.4 Å². The van der Waals surface area contributed by atoms with Gasteiger partial charge in [0.15, 0.2) is 0 Å². The molecule has 0 amide bonds. The molecule has 0 heterocycles. The first-order chi connectivity index (χ1) is 11.6. The number of aliphatic hydroxyl groups excluding tert-OH is 3. The first kappa shape index (κ1) is 20.1. The summed E-state index contributed by atoms with van der Waals surface area (Å²) in [5, 5.41) is 39.1. The Labute approximate surface area is 150 Å². The molecule has 5 heteroatoms. The van der Waals surface area contributed by atoms with Crippen molar-refractivity contribution in [3.8, 4) is 0 Å². The number of allylic oxidation sites excluding steroid dienone is 1. The molecule has 0 radical (unpaired) electrons. The molecule has 0 aromatic carbocycles. The van der Waals surface area contributed by atoms with Gasteiger partial charge in [-0.1, -0.05) is 25.7 Å². The fourth-order valence-electron chi connectivity index (χ4n) is 5.31. The van der Waals surface area contributed by atoms with Crippen molar-refractivity contribution >= 4 is 5.97 Å². The van der Waals surface area contributed by atoms with Gasteiger partial charge in [-0.3, -0.25) is 4.79 Å².